The minimum absolute atomic E-state index is 0.307. The Morgan fingerprint density at radius 3 is 2.47 bits per heavy atom. The third-order valence-corrected chi connectivity index (χ3v) is 2.49. The normalized spacial score (nSPS) is 10.5. The third kappa shape index (κ3) is 2.50. The summed E-state index contributed by atoms with van der Waals surface area (Å²) >= 11 is 0. The molecule has 0 aliphatic heterocycles. The molecule has 2 aromatic rings. The van der Waals surface area contributed by atoms with Crippen LogP contribution in [-0.2, 0) is 6.54 Å². The van der Waals surface area contributed by atoms with Crippen molar-refractivity contribution in [2.45, 2.75) is 13.5 Å². The Morgan fingerprint density at radius 1 is 1.24 bits per heavy atom. The molecule has 0 amide bonds. The Balaban J connectivity index is 2.40. The van der Waals surface area contributed by atoms with Crippen LogP contribution >= 0.6 is 0 Å². The van der Waals surface area contributed by atoms with Crippen molar-refractivity contribution in [2.24, 2.45) is 0 Å². The standard InChI is InChI=1S/C12H11FN2O2/c1-8-6-11(16)14-12(17)15(8)7-9-2-4-10(13)5-3-9/h2-6H,7H2,1H3,(H,14,16,17). The van der Waals surface area contributed by atoms with Crippen molar-refractivity contribution in [2.75, 3.05) is 0 Å². The van der Waals surface area contributed by atoms with Gasteiger partial charge in [-0.2, -0.15) is 0 Å². The number of H-pyrrole nitrogens is 1. The quantitative estimate of drug-likeness (QED) is 0.843. The maximum atomic E-state index is 12.7. The second-order valence-electron chi connectivity index (χ2n) is 3.79. The highest BCUT2D eigenvalue weighted by Crippen LogP contribution is 2.04. The molecule has 2 rings (SSSR count). The average Bonchev–Trinajstić information content (AvgIpc) is 2.26. The molecule has 1 heterocycles. The first kappa shape index (κ1) is 11.3. The zero-order valence-corrected chi connectivity index (χ0v) is 9.24. The number of aromatic amines is 1. The lowest BCUT2D eigenvalue weighted by Crippen LogP contribution is -2.31. The summed E-state index contributed by atoms with van der Waals surface area (Å²) in [7, 11) is 0. The number of halogens is 1. The molecule has 0 aliphatic rings. The highest BCUT2D eigenvalue weighted by atomic mass is 19.1. The fourth-order valence-corrected chi connectivity index (χ4v) is 1.61. The Bertz CT molecular complexity index is 641. The van der Waals surface area contributed by atoms with E-state index in [1.54, 1.807) is 19.1 Å². The molecule has 1 N–H and O–H groups in total. The second kappa shape index (κ2) is 4.37. The smallest absolute Gasteiger partial charge is 0.294 e. The van der Waals surface area contributed by atoms with E-state index in [2.05, 4.69) is 4.98 Å². The topological polar surface area (TPSA) is 54.9 Å². The molecular weight excluding hydrogens is 223 g/mol. The van der Waals surface area contributed by atoms with E-state index >= 15 is 0 Å². The molecule has 4 nitrogen and oxygen atoms in total. The molecule has 1 aromatic heterocycles. The molecule has 0 atom stereocenters. The van der Waals surface area contributed by atoms with E-state index < -0.39 is 11.2 Å². The SMILES string of the molecule is Cc1cc(=O)[nH]c(=O)n1Cc1ccc(F)cc1. The average molecular weight is 234 g/mol. The van der Waals surface area contributed by atoms with E-state index in [1.165, 1.54) is 22.8 Å². The molecule has 0 saturated heterocycles. The van der Waals surface area contributed by atoms with Crippen molar-refractivity contribution in [1.82, 2.24) is 9.55 Å². The van der Waals surface area contributed by atoms with Crippen molar-refractivity contribution < 1.29 is 4.39 Å². The lowest BCUT2D eigenvalue weighted by Gasteiger charge is -2.08. The van der Waals surface area contributed by atoms with Gasteiger partial charge in [0.2, 0.25) is 0 Å². The van der Waals surface area contributed by atoms with E-state index in [-0.39, 0.29) is 5.82 Å². The van der Waals surface area contributed by atoms with Crippen LogP contribution in [0, 0.1) is 12.7 Å². The minimum Gasteiger partial charge on any atom is -0.294 e. The molecule has 0 bridgehead atoms. The number of aromatic nitrogens is 2. The lowest BCUT2D eigenvalue weighted by molar-refractivity contribution is 0.625. The van der Waals surface area contributed by atoms with E-state index in [1.807, 2.05) is 0 Å². The number of hydrogen-bond donors (Lipinski definition) is 1. The Kier molecular flexibility index (Phi) is 2.91. The molecular formula is C12H11FN2O2. The molecule has 1 aromatic carbocycles. The van der Waals surface area contributed by atoms with Crippen molar-refractivity contribution in [1.29, 1.82) is 0 Å². The summed E-state index contributed by atoms with van der Waals surface area (Å²) in [4.78, 5) is 24.8. The summed E-state index contributed by atoms with van der Waals surface area (Å²) in [6.45, 7) is 1.99. The van der Waals surface area contributed by atoms with E-state index in [4.69, 9.17) is 0 Å². The summed E-state index contributed by atoms with van der Waals surface area (Å²) in [6.07, 6.45) is 0. The van der Waals surface area contributed by atoms with Gasteiger partial charge in [0.1, 0.15) is 5.82 Å². The van der Waals surface area contributed by atoms with Crippen molar-refractivity contribution in [3.05, 3.63) is 68.2 Å². The van der Waals surface area contributed by atoms with Gasteiger partial charge in [-0.25, -0.2) is 9.18 Å². The lowest BCUT2D eigenvalue weighted by atomic mass is 10.2. The maximum Gasteiger partial charge on any atom is 0.328 e. The zero-order valence-electron chi connectivity index (χ0n) is 9.24. The van der Waals surface area contributed by atoms with Crippen molar-refractivity contribution >= 4 is 0 Å². The first-order valence-corrected chi connectivity index (χ1v) is 5.11. The summed E-state index contributed by atoms with van der Waals surface area (Å²) in [5, 5.41) is 0. The first-order valence-electron chi connectivity index (χ1n) is 5.11. The molecule has 0 spiro atoms. The Labute approximate surface area is 96.4 Å². The molecule has 17 heavy (non-hydrogen) atoms. The van der Waals surface area contributed by atoms with Crippen LogP contribution in [0.2, 0.25) is 0 Å². The number of rotatable bonds is 2. The van der Waals surface area contributed by atoms with Gasteiger partial charge in [0, 0.05) is 11.8 Å². The highest BCUT2D eigenvalue weighted by molar-refractivity contribution is 5.17. The van der Waals surface area contributed by atoms with Gasteiger partial charge in [-0.15, -0.1) is 0 Å². The van der Waals surface area contributed by atoms with Crippen molar-refractivity contribution in [3.8, 4) is 0 Å². The van der Waals surface area contributed by atoms with Crippen LogP contribution < -0.4 is 11.2 Å². The molecule has 0 unspecified atom stereocenters. The molecule has 0 fully saturated rings. The summed E-state index contributed by atoms with van der Waals surface area (Å²) < 4.78 is 14.1. The number of nitrogens with zero attached hydrogens (tertiary/aromatic N) is 1. The monoisotopic (exact) mass is 234 g/mol. The van der Waals surface area contributed by atoms with Gasteiger partial charge < -0.3 is 0 Å². The van der Waals surface area contributed by atoms with Gasteiger partial charge in [0.25, 0.3) is 5.56 Å². The second-order valence-corrected chi connectivity index (χ2v) is 3.79. The summed E-state index contributed by atoms with van der Waals surface area (Å²) in [6, 6.07) is 7.23. The fraction of sp³-hybridized carbons (Fsp3) is 0.167. The molecule has 88 valence electrons. The van der Waals surface area contributed by atoms with E-state index in [9.17, 15) is 14.0 Å². The van der Waals surface area contributed by atoms with Crippen LogP contribution in [0.4, 0.5) is 4.39 Å². The Morgan fingerprint density at radius 2 is 1.88 bits per heavy atom. The number of nitrogens with one attached hydrogen (secondary N) is 1. The number of aryl methyl sites for hydroxylation is 1. The van der Waals surface area contributed by atoms with Crippen LogP contribution in [0.25, 0.3) is 0 Å². The molecule has 0 aliphatic carbocycles. The molecule has 0 saturated carbocycles. The van der Waals surface area contributed by atoms with Crippen LogP contribution in [-0.4, -0.2) is 9.55 Å². The predicted octanol–water partition coefficient (Wildman–Crippen LogP) is 1.03. The van der Waals surface area contributed by atoms with Gasteiger partial charge in [0.05, 0.1) is 6.54 Å². The number of benzene rings is 1. The van der Waals surface area contributed by atoms with E-state index in [0.29, 0.717) is 12.2 Å². The zero-order chi connectivity index (χ0) is 12.4. The van der Waals surface area contributed by atoms with Crippen molar-refractivity contribution in [3.63, 3.8) is 0 Å². The first-order chi connectivity index (χ1) is 8.06. The largest absolute Gasteiger partial charge is 0.328 e. The minimum atomic E-state index is -0.459. The van der Waals surface area contributed by atoms with Gasteiger partial charge in [0.15, 0.2) is 0 Å². The highest BCUT2D eigenvalue weighted by Gasteiger charge is 2.03. The predicted molar refractivity (Wildman–Crippen MR) is 61.6 cm³/mol. The summed E-state index contributed by atoms with van der Waals surface area (Å²) in [5.74, 6) is -0.320. The van der Waals surface area contributed by atoms with Gasteiger partial charge in [-0.3, -0.25) is 14.3 Å². The third-order valence-electron chi connectivity index (χ3n) is 2.49. The Hall–Kier alpha value is -2.17. The molecule has 0 radical (unpaired) electrons. The summed E-state index contributed by atoms with van der Waals surface area (Å²) in [5.41, 5.74) is 0.494. The number of hydrogen-bond acceptors (Lipinski definition) is 2. The maximum absolute atomic E-state index is 12.7. The van der Waals surface area contributed by atoms with Crippen LogP contribution in [0.5, 0.6) is 0 Å². The van der Waals surface area contributed by atoms with Crippen LogP contribution in [0.3, 0.4) is 0 Å². The van der Waals surface area contributed by atoms with Gasteiger partial charge in [-0.1, -0.05) is 12.1 Å². The van der Waals surface area contributed by atoms with Crippen LogP contribution in [0.1, 0.15) is 11.3 Å². The van der Waals surface area contributed by atoms with E-state index in [0.717, 1.165) is 5.56 Å². The van der Waals surface area contributed by atoms with Gasteiger partial charge >= 0.3 is 5.69 Å². The molecule has 5 heteroatoms. The van der Waals surface area contributed by atoms with Crippen LogP contribution in [0.15, 0.2) is 39.9 Å². The van der Waals surface area contributed by atoms with Gasteiger partial charge in [-0.05, 0) is 24.6 Å². The fourth-order valence-electron chi connectivity index (χ4n) is 1.61.